The summed E-state index contributed by atoms with van der Waals surface area (Å²) in [4.78, 5) is 4.72. The van der Waals surface area contributed by atoms with E-state index >= 15 is 0 Å². The Bertz CT molecular complexity index is 3720. The smallest absolute Gasteiger partial charge is 0.485 e. The third-order valence-electron chi connectivity index (χ3n) is 12.1. The van der Waals surface area contributed by atoms with E-state index in [0.717, 1.165) is 44.3 Å². The van der Waals surface area contributed by atoms with Crippen LogP contribution in [0, 0.1) is 13.7 Å². The van der Waals surface area contributed by atoms with Crippen LogP contribution in [0.25, 0.3) is 61.2 Å². The minimum Gasteiger partial charge on any atom is -0.741 e. The Morgan fingerprint density at radius 3 is 1.83 bits per heavy atom. The van der Waals surface area contributed by atoms with Gasteiger partial charge in [-0.25, -0.2) is 13.4 Å². The minimum atomic E-state index is -6.09. The standard InChI is InChI=1S/C56H57N4O.CHF3O3S/c1-36-34-57-53(37(2)52(36)38-19-13-12-14-20-38)60-48-22-16-15-21-46(48)47-26-25-44(33-51(47)60)61-45-31-41(56(9,10)11)30-43(32-45)59-35-58(49-23-17-18-24-50(49)59)42-28-39(54(3,4)5)27-40(29-42)55(6,7)8;2-1(3,4)8(5,6)7/h12-35H,1-11H3;(H,5,6,7)/q+1;/p-1/i1D3,2D3;. The molecule has 0 aliphatic carbocycles. The van der Waals surface area contributed by atoms with Crippen LogP contribution in [-0.2, 0) is 26.4 Å². The van der Waals surface area contributed by atoms with Gasteiger partial charge in [0.05, 0.1) is 11.0 Å². The molecule has 356 valence electrons. The molecule has 0 aliphatic heterocycles. The number of rotatable bonds is 6. The first-order chi connectivity index (χ1) is 34.6. The number of nitrogens with zero attached hydrogens (tertiary/aromatic N) is 4. The Morgan fingerprint density at radius 1 is 0.638 bits per heavy atom. The maximum Gasteiger partial charge on any atom is 0.485 e. The molecule has 6 aromatic carbocycles. The number of hydrogen-bond donors (Lipinski definition) is 0. The number of halogens is 3. The van der Waals surface area contributed by atoms with Gasteiger partial charge in [0.25, 0.3) is 6.33 Å². The summed E-state index contributed by atoms with van der Waals surface area (Å²) in [6.45, 7) is 14.8. The summed E-state index contributed by atoms with van der Waals surface area (Å²) in [6.07, 6.45) is 3.48. The third kappa shape index (κ3) is 9.78. The first-order valence-corrected chi connectivity index (χ1v) is 23.7. The lowest BCUT2D eigenvalue weighted by Gasteiger charge is -2.25. The average molecular weight is 957 g/mol. The molecule has 0 spiro atoms. The Kier molecular flexibility index (Phi) is 10.5. The summed E-state index contributed by atoms with van der Waals surface area (Å²) in [5.74, 6) is 1.29. The van der Waals surface area contributed by atoms with Gasteiger partial charge in [-0.3, -0.25) is 4.57 Å². The molecule has 0 N–H and O–H groups in total. The fraction of sp³-hybridized carbons (Fsp3) is 0.263. The van der Waals surface area contributed by atoms with Crippen molar-refractivity contribution in [2.75, 3.05) is 0 Å². The summed E-state index contributed by atoms with van der Waals surface area (Å²) in [5.41, 5.74) is 3.52. The number of para-hydroxylation sites is 3. The molecule has 0 saturated heterocycles. The molecule has 0 saturated carbocycles. The number of alkyl halides is 3. The zero-order valence-corrected chi connectivity index (χ0v) is 40.6. The second-order valence-corrected chi connectivity index (χ2v) is 21.6. The Morgan fingerprint density at radius 2 is 1.22 bits per heavy atom. The summed E-state index contributed by atoms with van der Waals surface area (Å²) in [7, 11) is -6.09. The van der Waals surface area contributed by atoms with Crippen molar-refractivity contribution in [2.24, 2.45) is 0 Å². The predicted molar refractivity (Wildman–Crippen MR) is 270 cm³/mol. The number of pyridine rings is 1. The van der Waals surface area contributed by atoms with Crippen molar-refractivity contribution in [3.63, 3.8) is 0 Å². The summed E-state index contributed by atoms with van der Waals surface area (Å²) < 4.78 is 124. The van der Waals surface area contributed by atoms with E-state index in [0.29, 0.717) is 22.6 Å². The van der Waals surface area contributed by atoms with Crippen LogP contribution < -0.4 is 9.30 Å². The zero-order valence-electron chi connectivity index (χ0n) is 45.8. The van der Waals surface area contributed by atoms with E-state index in [4.69, 9.17) is 30.9 Å². The molecule has 0 bridgehead atoms. The normalized spacial score (nSPS) is 14.3. The van der Waals surface area contributed by atoms with Crippen molar-refractivity contribution in [3.05, 3.63) is 174 Å². The van der Waals surface area contributed by atoms with Gasteiger partial charge in [0.1, 0.15) is 28.7 Å². The highest BCUT2D eigenvalue weighted by Gasteiger charge is 2.37. The molecule has 0 atom stereocenters. The average Bonchev–Trinajstić information content (AvgIpc) is 3.85. The quantitative estimate of drug-likeness (QED) is 0.0940. The van der Waals surface area contributed by atoms with Crippen molar-refractivity contribution < 1.29 is 43.7 Å². The van der Waals surface area contributed by atoms with Gasteiger partial charge in [-0.1, -0.05) is 129 Å². The van der Waals surface area contributed by atoms with Crippen molar-refractivity contribution >= 4 is 43.0 Å². The molecule has 0 fully saturated rings. The van der Waals surface area contributed by atoms with E-state index in [-0.39, 0.29) is 38.8 Å². The second-order valence-electron chi connectivity index (χ2n) is 20.2. The molecular weight excluding hydrogens is 894 g/mol. The molecule has 0 aliphatic rings. The molecule has 9 rings (SSSR count). The number of benzene rings is 6. The number of fused-ring (bicyclic) bond motifs is 4. The first kappa shape index (κ1) is 41.2. The van der Waals surface area contributed by atoms with Gasteiger partial charge >= 0.3 is 5.51 Å². The van der Waals surface area contributed by atoms with E-state index < -0.39 is 29.3 Å². The SMILES string of the molecule is O=S(=O)([O-])C(F)(F)F.[2H]C([2H])([2H])c1cnc(-n2c3ccccc3c3ccc(Oc4cc(-n5c[n+](-c6cc(C(C)(C)C)cc(C(C)(C)C)c6)c6ccccc65)cc(C(C)(C)C)c4)cc32)c(C([2H])([2H])[2H])c1-c1ccccc1. The number of aromatic nitrogens is 4. The molecule has 69 heavy (non-hydrogen) atoms. The highest BCUT2D eigenvalue weighted by atomic mass is 32.2. The van der Waals surface area contributed by atoms with E-state index in [1.807, 2.05) is 53.1 Å². The molecule has 0 amide bonds. The van der Waals surface area contributed by atoms with Crippen LogP contribution in [0.1, 0.15) is 98.4 Å². The summed E-state index contributed by atoms with van der Waals surface area (Å²) >= 11 is 0. The molecule has 3 aromatic heterocycles. The van der Waals surface area contributed by atoms with E-state index in [2.05, 4.69) is 138 Å². The molecular formula is C57H57F3N4O4S. The molecule has 0 radical (unpaired) electrons. The van der Waals surface area contributed by atoms with Crippen LogP contribution in [0.15, 0.2) is 146 Å². The largest absolute Gasteiger partial charge is 0.741 e. The molecule has 0 unspecified atom stereocenters. The van der Waals surface area contributed by atoms with Gasteiger partial charge in [-0.2, -0.15) is 22.3 Å². The molecule has 12 heteroatoms. The molecule has 3 heterocycles. The van der Waals surface area contributed by atoms with Crippen LogP contribution in [0.5, 0.6) is 11.5 Å². The number of hydrogen-bond acceptors (Lipinski definition) is 5. The lowest BCUT2D eigenvalue weighted by atomic mass is 9.80. The van der Waals surface area contributed by atoms with Crippen molar-refractivity contribution in [2.45, 2.75) is 97.8 Å². The van der Waals surface area contributed by atoms with Gasteiger partial charge in [0.15, 0.2) is 21.2 Å². The first-order valence-electron chi connectivity index (χ1n) is 25.3. The van der Waals surface area contributed by atoms with E-state index in [1.165, 1.54) is 17.3 Å². The van der Waals surface area contributed by atoms with Crippen molar-refractivity contribution in [1.82, 2.24) is 14.1 Å². The zero-order chi connectivity index (χ0) is 55.0. The number of aryl methyl sites for hydroxylation is 1. The van der Waals surface area contributed by atoms with Crippen LogP contribution in [0.4, 0.5) is 13.2 Å². The second kappa shape index (κ2) is 17.6. The van der Waals surface area contributed by atoms with Gasteiger partial charge in [-0.05, 0) is 118 Å². The number of imidazole rings is 1. The van der Waals surface area contributed by atoms with Gasteiger partial charge in [0.2, 0.25) is 0 Å². The summed E-state index contributed by atoms with van der Waals surface area (Å²) in [5, 5.41) is 1.75. The van der Waals surface area contributed by atoms with Crippen LogP contribution in [-0.4, -0.2) is 32.6 Å². The minimum absolute atomic E-state index is 0.0523. The van der Waals surface area contributed by atoms with Crippen molar-refractivity contribution in [3.8, 4) is 39.8 Å². The highest BCUT2D eigenvalue weighted by molar-refractivity contribution is 7.86. The Labute approximate surface area is 410 Å². The van der Waals surface area contributed by atoms with Crippen molar-refractivity contribution in [1.29, 1.82) is 0 Å². The monoisotopic (exact) mass is 956 g/mol. The predicted octanol–water partition coefficient (Wildman–Crippen LogP) is 14.4. The Hall–Kier alpha value is -6.76. The van der Waals surface area contributed by atoms with Crippen LogP contribution >= 0.6 is 0 Å². The highest BCUT2D eigenvalue weighted by Crippen LogP contribution is 2.40. The molecule has 9 aromatic rings. The van der Waals surface area contributed by atoms with Gasteiger partial charge in [0, 0.05) is 42.9 Å². The Balaban J connectivity index is 0.000000864. The third-order valence-corrected chi connectivity index (χ3v) is 12.7. The van der Waals surface area contributed by atoms with Crippen LogP contribution in [0.3, 0.4) is 0 Å². The topological polar surface area (TPSA) is 93.1 Å². The fourth-order valence-electron chi connectivity index (χ4n) is 8.31. The maximum atomic E-state index is 10.7. The van der Waals surface area contributed by atoms with Crippen LogP contribution in [0.2, 0.25) is 0 Å². The van der Waals surface area contributed by atoms with E-state index in [9.17, 15) is 13.2 Å². The van der Waals surface area contributed by atoms with Gasteiger partial charge in [-0.15, -0.1) is 0 Å². The maximum absolute atomic E-state index is 10.7. The summed E-state index contributed by atoms with van der Waals surface area (Å²) in [6, 6.07) is 44.2. The fourth-order valence-corrected chi connectivity index (χ4v) is 8.31. The van der Waals surface area contributed by atoms with Gasteiger partial charge < -0.3 is 9.29 Å². The van der Waals surface area contributed by atoms with E-state index in [1.54, 1.807) is 24.3 Å². The molecule has 8 nitrogen and oxygen atoms in total. The lowest BCUT2D eigenvalue weighted by molar-refractivity contribution is -0.567. The number of ether oxygens (including phenoxy) is 1. The lowest BCUT2D eigenvalue weighted by Crippen LogP contribution is -2.31.